The topological polar surface area (TPSA) is 56.6 Å². The highest BCUT2D eigenvalue weighted by Crippen LogP contribution is 2.23. The summed E-state index contributed by atoms with van der Waals surface area (Å²) in [4.78, 5) is 16.2. The average Bonchev–Trinajstić information content (AvgIpc) is 2.55. The Morgan fingerprint density at radius 3 is 2.43 bits per heavy atom. The average molecular weight is 293 g/mol. The van der Waals surface area contributed by atoms with Gasteiger partial charge >= 0.3 is 6.09 Å². The lowest BCUT2D eigenvalue weighted by atomic mass is 9.94. The Labute approximate surface area is 127 Å². The van der Waals surface area contributed by atoms with E-state index in [1.807, 2.05) is 4.90 Å². The molecule has 0 N–H and O–H groups in total. The quantitative estimate of drug-likeness (QED) is 0.748. The molecule has 5 nitrogen and oxygen atoms in total. The summed E-state index contributed by atoms with van der Waals surface area (Å²) in [7, 11) is 0. The molecule has 5 heteroatoms. The normalized spacial score (nSPS) is 22.0. The Bertz CT molecular complexity index is 364. The van der Waals surface area contributed by atoms with Crippen LogP contribution < -0.4 is 0 Å². The van der Waals surface area contributed by atoms with Crippen molar-refractivity contribution in [3.8, 4) is 6.07 Å². The molecular formula is C16H27N3O2. The zero-order chi connectivity index (χ0) is 15.1. The van der Waals surface area contributed by atoms with Gasteiger partial charge in [-0.15, -0.1) is 0 Å². The predicted octanol–water partition coefficient (Wildman–Crippen LogP) is 2.62. The van der Waals surface area contributed by atoms with Crippen molar-refractivity contribution in [2.75, 3.05) is 32.8 Å². The highest BCUT2D eigenvalue weighted by atomic mass is 16.6. The Kier molecular flexibility index (Phi) is 6.31. The summed E-state index contributed by atoms with van der Waals surface area (Å²) in [6.45, 7) is 6.29. The number of ether oxygens (including phenoxy) is 1. The number of amides is 1. The fourth-order valence-electron chi connectivity index (χ4n) is 3.20. The van der Waals surface area contributed by atoms with Gasteiger partial charge in [-0.3, -0.25) is 0 Å². The molecule has 0 unspecified atom stereocenters. The van der Waals surface area contributed by atoms with Crippen molar-refractivity contribution in [3.63, 3.8) is 0 Å². The third-order valence-corrected chi connectivity index (χ3v) is 4.67. The van der Waals surface area contributed by atoms with Crippen LogP contribution in [-0.4, -0.2) is 54.7 Å². The number of nitrogens with zero attached hydrogens (tertiary/aromatic N) is 3. The van der Waals surface area contributed by atoms with E-state index in [0.29, 0.717) is 12.6 Å². The van der Waals surface area contributed by atoms with E-state index in [4.69, 9.17) is 10.00 Å². The third kappa shape index (κ3) is 4.60. The predicted molar refractivity (Wildman–Crippen MR) is 80.8 cm³/mol. The van der Waals surface area contributed by atoms with Crippen molar-refractivity contribution in [1.29, 1.82) is 5.26 Å². The maximum absolute atomic E-state index is 11.9. The SMILES string of the molecule is CCCCOC(=O)N1CCC(N2CCC(C#N)CC2)CC1. The number of piperidine rings is 2. The number of rotatable bonds is 4. The number of carbonyl (C=O) groups excluding carboxylic acids is 1. The van der Waals surface area contributed by atoms with Gasteiger partial charge in [-0.2, -0.15) is 5.26 Å². The number of hydrogen-bond acceptors (Lipinski definition) is 4. The first-order valence-electron chi connectivity index (χ1n) is 8.30. The molecule has 2 aliphatic heterocycles. The van der Waals surface area contributed by atoms with Crippen LogP contribution >= 0.6 is 0 Å². The van der Waals surface area contributed by atoms with Crippen LogP contribution in [0.1, 0.15) is 45.4 Å². The van der Waals surface area contributed by atoms with E-state index in [1.165, 1.54) is 0 Å². The van der Waals surface area contributed by atoms with Crippen LogP contribution in [0.15, 0.2) is 0 Å². The van der Waals surface area contributed by atoms with Crippen LogP contribution in [0.4, 0.5) is 4.79 Å². The standard InChI is InChI=1S/C16H27N3O2/c1-2-3-12-21-16(20)19-10-6-15(7-11-19)18-8-4-14(13-17)5-9-18/h14-15H,2-12H2,1H3. The first-order chi connectivity index (χ1) is 10.2. The van der Waals surface area contributed by atoms with Crippen LogP contribution in [0.5, 0.6) is 0 Å². The summed E-state index contributed by atoms with van der Waals surface area (Å²) >= 11 is 0. The van der Waals surface area contributed by atoms with E-state index in [0.717, 1.165) is 64.7 Å². The van der Waals surface area contributed by atoms with Gasteiger partial charge in [-0.05, 0) is 45.2 Å². The second-order valence-electron chi connectivity index (χ2n) is 6.13. The molecule has 0 aromatic rings. The molecule has 0 aromatic carbocycles. The van der Waals surface area contributed by atoms with Gasteiger partial charge in [0.05, 0.1) is 12.7 Å². The highest BCUT2D eigenvalue weighted by molar-refractivity contribution is 5.67. The molecule has 21 heavy (non-hydrogen) atoms. The zero-order valence-corrected chi connectivity index (χ0v) is 13.1. The Morgan fingerprint density at radius 2 is 1.86 bits per heavy atom. The molecule has 0 aliphatic carbocycles. The molecule has 2 aliphatic rings. The Hall–Kier alpha value is -1.28. The van der Waals surface area contributed by atoms with E-state index in [2.05, 4.69) is 17.9 Å². The number of hydrogen-bond donors (Lipinski definition) is 0. The van der Waals surface area contributed by atoms with Crippen LogP contribution in [-0.2, 0) is 4.74 Å². The minimum atomic E-state index is -0.148. The lowest BCUT2D eigenvalue weighted by Crippen LogP contribution is -2.49. The fourth-order valence-corrected chi connectivity index (χ4v) is 3.20. The fraction of sp³-hybridized carbons (Fsp3) is 0.875. The Balaban J connectivity index is 1.69. The van der Waals surface area contributed by atoms with E-state index in [-0.39, 0.29) is 12.0 Å². The van der Waals surface area contributed by atoms with Gasteiger partial charge < -0.3 is 14.5 Å². The molecule has 2 heterocycles. The molecule has 2 rings (SSSR count). The van der Waals surface area contributed by atoms with E-state index < -0.39 is 0 Å². The van der Waals surface area contributed by atoms with Gasteiger partial charge in [-0.1, -0.05) is 13.3 Å². The smallest absolute Gasteiger partial charge is 0.409 e. The first kappa shape index (κ1) is 16.1. The maximum Gasteiger partial charge on any atom is 0.409 e. The lowest BCUT2D eigenvalue weighted by Gasteiger charge is -2.40. The number of carbonyl (C=O) groups is 1. The summed E-state index contributed by atoms with van der Waals surface area (Å²) in [6.07, 6.45) is 5.89. The largest absolute Gasteiger partial charge is 0.449 e. The van der Waals surface area contributed by atoms with Crippen LogP contribution in [0.3, 0.4) is 0 Å². The van der Waals surface area contributed by atoms with Crippen LogP contribution in [0.25, 0.3) is 0 Å². The summed E-state index contributed by atoms with van der Waals surface area (Å²) in [5.41, 5.74) is 0. The molecule has 0 aromatic heterocycles. The summed E-state index contributed by atoms with van der Waals surface area (Å²) in [5.74, 6) is 0.245. The number of unbranched alkanes of at least 4 members (excludes halogenated alkanes) is 1. The first-order valence-corrected chi connectivity index (χ1v) is 8.30. The number of nitriles is 1. The molecule has 0 spiro atoms. The molecule has 1 amide bonds. The molecule has 118 valence electrons. The molecule has 0 saturated carbocycles. The summed E-state index contributed by atoms with van der Waals surface area (Å²) < 4.78 is 5.27. The third-order valence-electron chi connectivity index (χ3n) is 4.67. The van der Waals surface area contributed by atoms with Crippen molar-refractivity contribution in [3.05, 3.63) is 0 Å². The summed E-state index contributed by atoms with van der Waals surface area (Å²) in [6, 6.07) is 2.95. The van der Waals surface area contributed by atoms with E-state index in [1.54, 1.807) is 0 Å². The zero-order valence-electron chi connectivity index (χ0n) is 13.1. The van der Waals surface area contributed by atoms with Gasteiger partial charge in [0.2, 0.25) is 0 Å². The monoisotopic (exact) mass is 293 g/mol. The van der Waals surface area contributed by atoms with E-state index >= 15 is 0 Å². The van der Waals surface area contributed by atoms with Crippen LogP contribution in [0, 0.1) is 17.2 Å². The van der Waals surface area contributed by atoms with Crippen molar-refractivity contribution in [2.45, 2.75) is 51.5 Å². The molecule has 0 atom stereocenters. The minimum absolute atomic E-state index is 0.148. The summed E-state index contributed by atoms with van der Waals surface area (Å²) in [5, 5.41) is 8.95. The molecule has 0 radical (unpaired) electrons. The molecule has 2 saturated heterocycles. The van der Waals surface area contributed by atoms with Crippen molar-refractivity contribution >= 4 is 6.09 Å². The number of likely N-dealkylation sites (tertiary alicyclic amines) is 2. The minimum Gasteiger partial charge on any atom is -0.449 e. The molecular weight excluding hydrogens is 266 g/mol. The van der Waals surface area contributed by atoms with Gasteiger partial charge in [0.15, 0.2) is 0 Å². The van der Waals surface area contributed by atoms with Crippen molar-refractivity contribution in [2.24, 2.45) is 5.92 Å². The van der Waals surface area contributed by atoms with Crippen molar-refractivity contribution < 1.29 is 9.53 Å². The second kappa shape index (κ2) is 8.23. The van der Waals surface area contributed by atoms with Gasteiger partial charge in [0.25, 0.3) is 0 Å². The lowest BCUT2D eigenvalue weighted by molar-refractivity contribution is 0.0624. The van der Waals surface area contributed by atoms with Crippen molar-refractivity contribution in [1.82, 2.24) is 9.80 Å². The van der Waals surface area contributed by atoms with Gasteiger partial charge in [-0.25, -0.2) is 4.79 Å². The highest BCUT2D eigenvalue weighted by Gasteiger charge is 2.29. The van der Waals surface area contributed by atoms with Gasteiger partial charge in [0.1, 0.15) is 0 Å². The Morgan fingerprint density at radius 1 is 1.19 bits per heavy atom. The molecule has 2 fully saturated rings. The maximum atomic E-state index is 11.9. The van der Waals surface area contributed by atoms with Crippen LogP contribution in [0.2, 0.25) is 0 Å². The van der Waals surface area contributed by atoms with E-state index in [9.17, 15) is 4.79 Å². The van der Waals surface area contributed by atoms with Gasteiger partial charge in [0, 0.05) is 25.0 Å². The second-order valence-corrected chi connectivity index (χ2v) is 6.13. The molecule has 0 bridgehead atoms.